The lowest BCUT2D eigenvalue weighted by molar-refractivity contribution is 0.181. The average Bonchev–Trinajstić information content (AvgIpc) is 3.60. The van der Waals surface area contributed by atoms with E-state index >= 15 is 0 Å². The molecule has 0 spiro atoms. The van der Waals surface area contributed by atoms with Crippen molar-refractivity contribution in [3.8, 4) is 34.3 Å². The van der Waals surface area contributed by atoms with Crippen LogP contribution in [0.15, 0.2) is 35.2 Å². The van der Waals surface area contributed by atoms with Crippen molar-refractivity contribution in [2.75, 3.05) is 20.3 Å². The van der Waals surface area contributed by atoms with E-state index in [2.05, 4.69) is 36.6 Å². The van der Waals surface area contributed by atoms with Crippen LogP contribution >= 0.6 is 0 Å². The maximum Gasteiger partial charge on any atom is 0.278 e. The molecular weight excluding hydrogens is 420 g/mol. The van der Waals surface area contributed by atoms with Gasteiger partial charge in [-0.15, -0.1) is 0 Å². The number of methoxy groups -OCH3 is 1. The van der Waals surface area contributed by atoms with E-state index in [1.54, 1.807) is 7.11 Å². The first-order chi connectivity index (χ1) is 16.1. The summed E-state index contributed by atoms with van der Waals surface area (Å²) in [6.45, 7) is 6.56. The molecule has 6 rings (SSSR count). The standard InChI is InChI=1S/C24H26N6O3/c1-14(2)23-26-24(33-28-23)22-20-8-16-11-29(10-15-6-7-32-12-15)27-21(16)18-9-17(31-3)4-5-19(18)30(20)13-25-22/h4-5,9,11,13-15H,6-8,10,12H2,1-3H3. The zero-order valence-corrected chi connectivity index (χ0v) is 19.0. The molecule has 0 bridgehead atoms. The van der Waals surface area contributed by atoms with Gasteiger partial charge in [-0.1, -0.05) is 19.0 Å². The zero-order valence-electron chi connectivity index (χ0n) is 19.0. The molecule has 1 saturated heterocycles. The predicted molar refractivity (Wildman–Crippen MR) is 120 cm³/mol. The summed E-state index contributed by atoms with van der Waals surface area (Å²) in [6, 6.07) is 6.06. The Hall–Kier alpha value is -3.46. The molecule has 4 aromatic rings. The molecule has 1 fully saturated rings. The third kappa shape index (κ3) is 3.43. The fraction of sp³-hybridized carbons (Fsp3) is 0.417. The molecule has 170 valence electrons. The second-order valence-electron chi connectivity index (χ2n) is 9.04. The lowest BCUT2D eigenvalue weighted by atomic mass is 10.0. The van der Waals surface area contributed by atoms with Crippen molar-refractivity contribution in [1.82, 2.24) is 29.5 Å². The summed E-state index contributed by atoms with van der Waals surface area (Å²) < 4.78 is 20.8. The Morgan fingerprint density at radius 1 is 1.24 bits per heavy atom. The van der Waals surface area contributed by atoms with Crippen LogP contribution in [-0.2, 0) is 17.7 Å². The van der Waals surface area contributed by atoms with Gasteiger partial charge in [0, 0.05) is 48.7 Å². The lowest BCUT2D eigenvalue weighted by Gasteiger charge is -2.12. The Kier molecular flexibility index (Phi) is 4.79. The summed E-state index contributed by atoms with van der Waals surface area (Å²) in [5.74, 6) is 2.59. The minimum Gasteiger partial charge on any atom is -0.497 e. The van der Waals surface area contributed by atoms with E-state index in [0.29, 0.717) is 29.7 Å². The second-order valence-corrected chi connectivity index (χ2v) is 9.04. The summed E-state index contributed by atoms with van der Waals surface area (Å²) in [7, 11) is 1.68. The Bertz CT molecular complexity index is 1310. The normalized spacial score (nSPS) is 17.0. The third-order valence-corrected chi connectivity index (χ3v) is 6.41. The highest BCUT2D eigenvalue weighted by Crippen LogP contribution is 2.39. The van der Waals surface area contributed by atoms with Gasteiger partial charge in [0.1, 0.15) is 12.1 Å². The molecule has 0 radical (unpaired) electrons. The number of fused-ring (bicyclic) bond motifs is 5. The molecule has 0 saturated carbocycles. The first kappa shape index (κ1) is 20.2. The lowest BCUT2D eigenvalue weighted by Crippen LogP contribution is -2.11. The van der Waals surface area contributed by atoms with Crippen molar-refractivity contribution in [3.05, 3.63) is 47.8 Å². The quantitative estimate of drug-likeness (QED) is 0.405. The van der Waals surface area contributed by atoms with Gasteiger partial charge in [0.2, 0.25) is 0 Å². The molecule has 0 aliphatic carbocycles. The number of ether oxygens (including phenoxy) is 2. The van der Waals surface area contributed by atoms with Crippen LogP contribution in [0.4, 0.5) is 0 Å². The first-order valence-electron chi connectivity index (χ1n) is 11.3. The summed E-state index contributed by atoms with van der Waals surface area (Å²) in [4.78, 5) is 9.27. The SMILES string of the molecule is COc1ccc2c(c1)-c1nn(CC3CCOC3)cc1Cc1c(-c3nc(C(C)C)no3)ncn1-2. The highest BCUT2D eigenvalue weighted by molar-refractivity contribution is 5.77. The van der Waals surface area contributed by atoms with Gasteiger partial charge >= 0.3 is 0 Å². The van der Waals surface area contributed by atoms with Crippen molar-refractivity contribution in [2.45, 2.75) is 39.2 Å². The molecule has 9 heteroatoms. The van der Waals surface area contributed by atoms with Crippen LogP contribution in [0.5, 0.6) is 5.75 Å². The highest BCUT2D eigenvalue weighted by Gasteiger charge is 2.28. The fourth-order valence-electron chi connectivity index (χ4n) is 4.62. The summed E-state index contributed by atoms with van der Waals surface area (Å²) in [6.07, 6.45) is 5.70. The van der Waals surface area contributed by atoms with Crippen LogP contribution in [0.3, 0.4) is 0 Å². The molecule has 3 aromatic heterocycles. The number of aromatic nitrogens is 6. The summed E-state index contributed by atoms with van der Waals surface area (Å²) >= 11 is 0. The minimum absolute atomic E-state index is 0.182. The highest BCUT2D eigenvalue weighted by atomic mass is 16.5. The topological polar surface area (TPSA) is 93.0 Å². The second kappa shape index (κ2) is 7.84. The Morgan fingerprint density at radius 3 is 2.91 bits per heavy atom. The van der Waals surface area contributed by atoms with Crippen molar-refractivity contribution >= 4 is 0 Å². The van der Waals surface area contributed by atoms with Gasteiger partial charge in [0.25, 0.3) is 5.89 Å². The van der Waals surface area contributed by atoms with E-state index in [1.165, 1.54) is 0 Å². The van der Waals surface area contributed by atoms with Crippen LogP contribution in [0, 0.1) is 5.92 Å². The molecule has 1 aromatic carbocycles. The average molecular weight is 447 g/mol. The molecule has 2 aliphatic heterocycles. The number of benzene rings is 1. The van der Waals surface area contributed by atoms with Gasteiger partial charge in [-0.05, 0) is 24.6 Å². The summed E-state index contributed by atoms with van der Waals surface area (Å²) in [5, 5.41) is 9.14. The van der Waals surface area contributed by atoms with E-state index in [1.807, 2.05) is 32.3 Å². The fourth-order valence-corrected chi connectivity index (χ4v) is 4.62. The largest absolute Gasteiger partial charge is 0.497 e. The number of hydrogen-bond donors (Lipinski definition) is 0. The van der Waals surface area contributed by atoms with Gasteiger partial charge in [0.15, 0.2) is 11.5 Å². The van der Waals surface area contributed by atoms with Crippen molar-refractivity contribution in [2.24, 2.45) is 5.92 Å². The van der Waals surface area contributed by atoms with Crippen LogP contribution in [0.25, 0.3) is 28.5 Å². The molecule has 1 unspecified atom stereocenters. The van der Waals surface area contributed by atoms with Crippen LogP contribution in [0.2, 0.25) is 0 Å². The number of imidazole rings is 1. The molecule has 0 N–H and O–H groups in total. The van der Waals surface area contributed by atoms with Gasteiger partial charge in [-0.3, -0.25) is 4.68 Å². The number of rotatable bonds is 5. The van der Waals surface area contributed by atoms with Crippen LogP contribution in [-0.4, -0.2) is 49.8 Å². The third-order valence-electron chi connectivity index (χ3n) is 6.41. The predicted octanol–water partition coefficient (Wildman–Crippen LogP) is 3.86. The molecule has 0 amide bonds. The van der Waals surface area contributed by atoms with E-state index in [4.69, 9.17) is 19.1 Å². The number of hydrogen-bond acceptors (Lipinski definition) is 7. The van der Waals surface area contributed by atoms with Gasteiger partial charge in [0.05, 0.1) is 30.8 Å². The Labute approximate surface area is 191 Å². The van der Waals surface area contributed by atoms with E-state index in [-0.39, 0.29) is 5.92 Å². The van der Waals surface area contributed by atoms with Gasteiger partial charge in [-0.2, -0.15) is 10.1 Å². The minimum atomic E-state index is 0.182. The molecule has 9 nitrogen and oxygen atoms in total. The van der Waals surface area contributed by atoms with Crippen LogP contribution < -0.4 is 4.74 Å². The monoisotopic (exact) mass is 446 g/mol. The van der Waals surface area contributed by atoms with E-state index < -0.39 is 0 Å². The smallest absolute Gasteiger partial charge is 0.278 e. The van der Waals surface area contributed by atoms with E-state index in [9.17, 15) is 0 Å². The Morgan fingerprint density at radius 2 is 2.15 bits per heavy atom. The number of nitrogens with zero attached hydrogens (tertiary/aromatic N) is 6. The molecule has 2 aliphatic rings. The Balaban J connectivity index is 1.48. The van der Waals surface area contributed by atoms with E-state index in [0.717, 1.165) is 60.1 Å². The van der Waals surface area contributed by atoms with Crippen molar-refractivity contribution in [3.63, 3.8) is 0 Å². The summed E-state index contributed by atoms with van der Waals surface area (Å²) in [5.41, 5.74) is 5.82. The van der Waals surface area contributed by atoms with Crippen molar-refractivity contribution in [1.29, 1.82) is 0 Å². The van der Waals surface area contributed by atoms with Gasteiger partial charge < -0.3 is 18.6 Å². The molecule has 33 heavy (non-hydrogen) atoms. The molecular formula is C24H26N6O3. The maximum atomic E-state index is 5.59. The maximum absolute atomic E-state index is 5.59. The van der Waals surface area contributed by atoms with Gasteiger partial charge in [-0.25, -0.2) is 4.98 Å². The first-order valence-corrected chi connectivity index (χ1v) is 11.3. The zero-order chi connectivity index (χ0) is 22.5. The molecule has 5 heterocycles. The van der Waals surface area contributed by atoms with Crippen molar-refractivity contribution < 1.29 is 14.0 Å². The van der Waals surface area contributed by atoms with Crippen LogP contribution in [0.1, 0.15) is 43.3 Å². The molecule has 1 atom stereocenters.